The minimum Gasteiger partial charge on any atom is -0.496 e. The van der Waals surface area contributed by atoms with Gasteiger partial charge >= 0.3 is 0 Å². The molecule has 0 aliphatic heterocycles. The molecule has 12 heavy (non-hydrogen) atoms. The molecule has 1 aromatic carbocycles. The number of ether oxygens (including phenoxy) is 1. The molecule has 0 aliphatic rings. The van der Waals surface area contributed by atoms with Gasteiger partial charge in [-0.3, -0.25) is 0 Å². The predicted octanol–water partition coefficient (Wildman–Crippen LogP) is 2.31. The summed E-state index contributed by atoms with van der Waals surface area (Å²) in [6.07, 6.45) is 0.596. The summed E-state index contributed by atoms with van der Waals surface area (Å²) in [5.74, 6) is 1.00. The Kier molecular flexibility index (Phi) is 3.41. The zero-order valence-electron chi connectivity index (χ0n) is 6.88. The Labute approximate surface area is 77.0 Å². The lowest BCUT2D eigenvalue weighted by Crippen LogP contribution is -1.96. The van der Waals surface area contributed by atoms with Crippen molar-refractivity contribution in [2.45, 2.75) is 6.42 Å². The molecule has 0 radical (unpaired) electrons. The minimum atomic E-state index is -0.219. The minimum absolute atomic E-state index is 0.219. The third-order valence-electron chi connectivity index (χ3n) is 1.66. The van der Waals surface area contributed by atoms with Crippen molar-refractivity contribution in [2.75, 3.05) is 12.9 Å². The Hall–Kier alpha value is -0.700. The van der Waals surface area contributed by atoms with Crippen molar-refractivity contribution in [1.29, 1.82) is 0 Å². The van der Waals surface area contributed by atoms with Crippen LogP contribution in [0.2, 0.25) is 0 Å². The standard InChI is InChI=1S/C9H11FOS/c1-11-9-4-2-3-8(10)7(9)5-6-12/h2-4,12H,5-6H2,1H3. The number of thiol groups is 1. The summed E-state index contributed by atoms with van der Waals surface area (Å²) >= 11 is 4.04. The van der Waals surface area contributed by atoms with Crippen LogP contribution in [0.1, 0.15) is 5.56 Å². The van der Waals surface area contributed by atoms with Crippen LogP contribution in [0.3, 0.4) is 0 Å². The zero-order valence-corrected chi connectivity index (χ0v) is 7.77. The maximum absolute atomic E-state index is 13.1. The summed E-state index contributed by atoms with van der Waals surface area (Å²) in [5, 5.41) is 0. The van der Waals surface area contributed by atoms with Crippen molar-refractivity contribution in [3.8, 4) is 5.75 Å². The smallest absolute Gasteiger partial charge is 0.130 e. The summed E-state index contributed by atoms with van der Waals surface area (Å²) in [6.45, 7) is 0. The molecule has 3 heteroatoms. The molecule has 0 aromatic heterocycles. The van der Waals surface area contributed by atoms with Crippen LogP contribution in [0.25, 0.3) is 0 Å². The molecule has 0 heterocycles. The van der Waals surface area contributed by atoms with Crippen molar-refractivity contribution in [2.24, 2.45) is 0 Å². The maximum Gasteiger partial charge on any atom is 0.130 e. The Bertz CT molecular complexity index is 263. The van der Waals surface area contributed by atoms with Gasteiger partial charge in [-0.1, -0.05) is 6.07 Å². The van der Waals surface area contributed by atoms with Crippen molar-refractivity contribution in [3.63, 3.8) is 0 Å². The molecule has 0 spiro atoms. The van der Waals surface area contributed by atoms with Crippen LogP contribution in [0, 0.1) is 5.82 Å². The number of benzene rings is 1. The van der Waals surface area contributed by atoms with Crippen LogP contribution in [0.5, 0.6) is 5.75 Å². The van der Waals surface area contributed by atoms with Gasteiger partial charge in [0.05, 0.1) is 7.11 Å². The number of hydrogen-bond donors (Lipinski definition) is 1. The van der Waals surface area contributed by atoms with Crippen LogP contribution in [0.4, 0.5) is 4.39 Å². The van der Waals surface area contributed by atoms with E-state index in [1.807, 2.05) is 0 Å². The predicted molar refractivity (Wildman–Crippen MR) is 50.5 cm³/mol. The number of halogens is 1. The second-order valence-electron chi connectivity index (χ2n) is 2.39. The van der Waals surface area contributed by atoms with Gasteiger partial charge in [0.2, 0.25) is 0 Å². The van der Waals surface area contributed by atoms with E-state index in [1.165, 1.54) is 13.2 Å². The fourth-order valence-electron chi connectivity index (χ4n) is 1.08. The molecule has 0 atom stereocenters. The van der Waals surface area contributed by atoms with Crippen LogP contribution in [-0.4, -0.2) is 12.9 Å². The fraction of sp³-hybridized carbons (Fsp3) is 0.333. The van der Waals surface area contributed by atoms with E-state index in [4.69, 9.17) is 4.74 Å². The maximum atomic E-state index is 13.1. The molecule has 0 amide bonds. The van der Waals surface area contributed by atoms with E-state index >= 15 is 0 Å². The first-order valence-electron chi connectivity index (χ1n) is 3.72. The van der Waals surface area contributed by atoms with Gasteiger partial charge in [0.1, 0.15) is 11.6 Å². The molecule has 0 aliphatic carbocycles. The quantitative estimate of drug-likeness (QED) is 0.713. The lowest BCUT2D eigenvalue weighted by Gasteiger charge is -2.07. The van der Waals surface area contributed by atoms with Crippen LogP contribution < -0.4 is 4.74 Å². The van der Waals surface area contributed by atoms with Crippen LogP contribution >= 0.6 is 12.6 Å². The van der Waals surface area contributed by atoms with Gasteiger partial charge in [0.15, 0.2) is 0 Å². The van der Waals surface area contributed by atoms with Crippen molar-refractivity contribution in [3.05, 3.63) is 29.6 Å². The highest BCUT2D eigenvalue weighted by Gasteiger charge is 2.06. The van der Waals surface area contributed by atoms with Crippen molar-refractivity contribution >= 4 is 12.6 Å². The summed E-state index contributed by atoms with van der Waals surface area (Å²) in [4.78, 5) is 0. The second-order valence-corrected chi connectivity index (χ2v) is 2.84. The molecule has 0 fully saturated rings. The Morgan fingerprint density at radius 1 is 1.50 bits per heavy atom. The van der Waals surface area contributed by atoms with Crippen molar-refractivity contribution < 1.29 is 9.13 Å². The molecule has 1 nitrogen and oxygen atoms in total. The molecule has 1 aromatic rings. The molecule has 1 rings (SSSR count). The normalized spacial score (nSPS) is 9.92. The zero-order chi connectivity index (χ0) is 8.97. The molecular weight excluding hydrogens is 175 g/mol. The van der Waals surface area contributed by atoms with Crippen LogP contribution in [0.15, 0.2) is 18.2 Å². The summed E-state index contributed by atoms with van der Waals surface area (Å²) in [6, 6.07) is 4.82. The third kappa shape index (κ3) is 1.91. The van der Waals surface area contributed by atoms with Gasteiger partial charge in [-0.15, -0.1) is 0 Å². The van der Waals surface area contributed by atoms with Gasteiger partial charge in [-0.25, -0.2) is 4.39 Å². The summed E-state index contributed by atoms with van der Waals surface area (Å²) in [7, 11) is 1.54. The first-order valence-corrected chi connectivity index (χ1v) is 4.35. The fourth-order valence-corrected chi connectivity index (χ4v) is 1.31. The van der Waals surface area contributed by atoms with E-state index in [1.54, 1.807) is 12.1 Å². The summed E-state index contributed by atoms with van der Waals surface area (Å²) < 4.78 is 18.1. The molecular formula is C9H11FOS. The highest BCUT2D eigenvalue weighted by atomic mass is 32.1. The van der Waals surface area contributed by atoms with E-state index < -0.39 is 0 Å². The number of rotatable bonds is 3. The van der Waals surface area contributed by atoms with E-state index in [9.17, 15) is 4.39 Å². The Morgan fingerprint density at radius 3 is 2.83 bits per heavy atom. The van der Waals surface area contributed by atoms with Gasteiger partial charge in [-0.05, 0) is 24.3 Å². The number of methoxy groups -OCH3 is 1. The Morgan fingerprint density at radius 2 is 2.25 bits per heavy atom. The van der Waals surface area contributed by atoms with E-state index in [-0.39, 0.29) is 5.82 Å². The first-order chi connectivity index (χ1) is 5.79. The molecule has 0 N–H and O–H groups in total. The average Bonchev–Trinajstić information content (AvgIpc) is 2.09. The molecule has 0 saturated carbocycles. The first kappa shape index (κ1) is 9.39. The topological polar surface area (TPSA) is 9.23 Å². The molecule has 0 bridgehead atoms. The lowest BCUT2D eigenvalue weighted by atomic mass is 10.1. The highest BCUT2D eigenvalue weighted by Crippen LogP contribution is 2.21. The third-order valence-corrected chi connectivity index (χ3v) is 1.88. The van der Waals surface area contributed by atoms with E-state index in [0.29, 0.717) is 23.5 Å². The summed E-state index contributed by atoms with van der Waals surface area (Å²) in [5.41, 5.74) is 0.606. The average molecular weight is 186 g/mol. The van der Waals surface area contributed by atoms with Crippen molar-refractivity contribution in [1.82, 2.24) is 0 Å². The van der Waals surface area contributed by atoms with E-state index in [2.05, 4.69) is 12.6 Å². The molecule has 66 valence electrons. The SMILES string of the molecule is COc1cccc(F)c1CCS. The Balaban J connectivity index is 3.02. The van der Waals surface area contributed by atoms with Gasteiger partial charge in [0.25, 0.3) is 0 Å². The van der Waals surface area contributed by atoms with Crippen LogP contribution in [-0.2, 0) is 6.42 Å². The van der Waals surface area contributed by atoms with E-state index in [0.717, 1.165) is 0 Å². The second kappa shape index (κ2) is 4.36. The van der Waals surface area contributed by atoms with Gasteiger partial charge in [-0.2, -0.15) is 12.6 Å². The number of hydrogen-bond acceptors (Lipinski definition) is 2. The lowest BCUT2D eigenvalue weighted by molar-refractivity contribution is 0.405. The largest absolute Gasteiger partial charge is 0.496 e. The monoisotopic (exact) mass is 186 g/mol. The van der Waals surface area contributed by atoms with Gasteiger partial charge < -0.3 is 4.74 Å². The molecule has 0 unspecified atom stereocenters. The van der Waals surface area contributed by atoms with Gasteiger partial charge in [0, 0.05) is 5.56 Å². The molecule has 0 saturated heterocycles. The highest BCUT2D eigenvalue weighted by molar-refractivity contribution is 7.80.